The lowest BCUT2D eigenvalue weighted by atomic mass is 10.2. The van der Waals surface area contributed by atoms with Crippen LogP contribution in [0.3, 0.4) is 0 Å². The van der Waals surface area contributed by atoms with Crippen molar-refractivity contribution in [1.82, 2.24) is 24.3 Å². The molecule has 9 heteroatoms. The summed E-state index contributed by atoms with van der Waals surface area (Å²) >= 11 is 0. The standard InChI is InChI=1S/C22H24N8O.2H2/c1-15-3-4-18(24-16(15)2)26-22-27-19(14-21(28-22)30-9-11-31-12-10-30)25-17-5-7-29-8-6-23-20(29)13-17;;/h3-8,13-14H,9-12H2,1-2H3,(H2,24,25,26,27,28);2*1H. The fourth-order valence-electron chi connectivity index (χ4n) is 3.46. The molecule has 0 aromatic carbocycles. The van der Waals surface area contributed by atoms with Crippen LogP contribution in [-0.2, 0) is 4.74 Å². The number of nitrogens with zero attached hydrogens (tertiary/aromatic N) is 6. The molecule has 0 saturated carbocycles. The van der Waals surface area contributed by atoms with Crippen LogP contribution in [0.5, 0.6) is 0 Å². The van der Waals surface area contributed by atoms with Crippen LogP contribution in [-0.4, -0.2) is 50.6 Å². The van der Waals surface area contributed by atoms with Gasteiger partial charge in [0.2, 0.25) is 5.95 Å². The summed E-state index contributed by atoms with van der Waals surface area (Å²) in [6.45, 7) is 6.98. The molecule has 0 radical (unpaired) electrons. The fourth-order valence-corrected chi connectivity index (χ4v) is 3.46. The summed E-state index contributed by atoms with van der Waals surface area (Å²) in [5.41, 5.74) is 3.89. The minimum atomic E-state index is 0. The summed E-state index contributed by atoms with van der Waals surface area (Å²) in [5.74, 6) is 2.74. The van der Waals surface area contributed by atoms with Gasteiger partial charge in [-0.1, -0.05) is 6.07 Å². The van der Waals surface area contributed by atoms with E-state index in [0.29, 0.717) is 30.8 Å². The molecule has 5 rings (SSSR count). The van der Waals surface area contributed by atoms with Crippen molar-refractivity contribution in [3.63, 3.8) is 0 Å². The molecule has 5 heterocycles. The first-order chi connectivity index (χ1) is 15.1. The van der Waals surface area contributed by atoms with Crippen molar-refractivity contribution in [1.29, 1.82) is 0 Å². The lowest BCUT2D eigenvalue weighted by Gasteiger charge is -2.28. The Morgan fingerprint density at radius 2 is 1.81 bits per heavy atom. The Bertz CT molecular complexity index is 1230. The molecule has 2 N–H and O–H groups in total. The van der Waals surface area contributed by atoms with E-state index < -0.39 is 0 Å². The van der Waals surface area contributed by atoms with Crippen LogP contribution in [0.4, 0.5) is 29.1 Å². The number of hydrogen-bond donors (Lipinski definition) is 2. The van der Waals surface area contributed by atoms with Gasteiger partial charge in [-0.2, -0.15) is 9.97 Å². The van der Waals surface area contributed by atoms with Crippen LogP contribution in [0.25, 0.3) is 5.65 Å². The first kappa shape index (κ1) is 19.3. The van der Waals surface area contributed by atoms with Gasteiger partial charge in [-0.05, 0) is 31.5 Å². The summed E-state index contributed by atoms with van der Waals surface area (Å²) in [4.78, 5) is 20.6. The third-order valence-electron chi connectivity index (χ3n) is 5.31. The second-order valence-corrected chi connectivity index (χ2v) is 7.49. The highest BCUT2D eigenvalue weighted by Gasteiger charge is 2.16. The molecule has 9 nitrogen and oxygen atoms in total. The van der Waals surface area contributed by atoms with Crippen molar-refractivity contribution in [2.24, 2.45) is 0 Å². The van der Waals surface area contributed by atoms with Crippen molar-refractivity contribution in [3.8, 4) is 0 Å². The summed E-state index contributed by atoms with van der Waals surface area (Å²) < 4.78 is 7.46. The van der Waals surface area contributed by atoms with E-state index >= 15 is 0 Å². The quantitative estimate of drug-likeness (QED) is 0.501. The molecular weight excluding hydrogens is 392 g/mol. The maximum Gasteiger partial charge on any atom is 0.232 e. The lowest BCUT2D eigenvalue weighted by Crippen LogP contribution is -2.36. The summed E-state index contributed by atoms with van der Waals surface area (Å²) in [5, 5.41) is 6.64. The maximum absolute atomic E-state index is 5.50. The van der Waals surface area contributed by atoms with Crippen molar-refractivity contribution in [2.45, 2.75) is 13.8 Å². The number of anilines is 5. The Labute approximate surface area is 183 Å². The van der Waals surface area contributed by atoms with Crippen molar-refractivity contribution < 1.29 is 7.59 Å². The zero-order chi connectivity index (χ0) is 21.2. The number of aromatic nitrogens is 5. The zero-order valence-corrected chi connectivity index (χ0v) is 17.5. The number of nitrogens with one attached hydrogen (secondary N) is 2. The van der Waals surface area contributed by atoms with E-state index in [1.165, 1.54) is 0 Å². The second-order valence-electron chi connectivity index (χ2n) is 7.49. The van der Waals surface area contributed by atoms with E-state index in [2.05, 4.69) is 30.5 Å². The number of morpholine rings is 1. The van der Waals surface area contributed by atoms with E-state index in [1.807, 2.05) is 61.0 Å². The average molecular weight is 421 g/mol. The van der Waals surface area contributed by atoms with E-state index in [1.54, 1.807) is 6.20 Å². The van der Waals surface area contributed by atoms with Gasteiger partial charge in [-0.25, -0.2) is 9.97 Å². The first-order valence-corrected chi connectivity index (χ1v) is 10.3. The van der Waals surface area contributed by atoms with Crippen LogP contribution in [0, 0.1) is 13.8 Å². The summed E-state index contributed by atoms with van der Waals surface area (Å²) in [7, 11) is 0. The number of ether oxygens (including phenoxy) is 1. The molecule has 0 bridgehead atoms. The SMILES string of the molecule is Cc1ccc(Nc2nc(Nc3ccn4ccnc4c3)cc(N3CCOCC3)n2)nc1C.[HH].[HH]. The number of rotatable bonds is 5. The number of pyridine rings is 2. The maximum atomic E-state index is 5.50. The second kappa shape index (κ2) is 8.19. The topological polar surface area (TPSA) is 92.5 Å². The molecule has 0 unspecified atom stereocenters. The van der Waals surface area contributed by atoms with Gasteiger partial charge in [0.1, 0.15) is 23.1 Å². The highest BCUT2D eigenvalue weighted by molar-refractivity contribution is 5.65. The van der Waals surface area contributed by atoms with Gasteiger partial charge >= 0.3 is 0 Å². The Kier molecular flexibility index (Phi) is 5.09. The molecule has 1 saturated heterocycles. The monoisotopic (exact) mass is 420 g/mol. The predicted molar refractivity (Wildman–Crippen MR) is 125 cm³/mol. The molecule has 4 aromatic rings. The summed E-state index contributed by atoms with van der Waals surface area (Å²) in [6, 6.07) is 9.90. The van der Waals surface area contributed by atoms with E-state index in [0.717, 1.165) is 41.5 Å². The lowest BCUT2D eigenvalue weighted by molar-refractivity contribution is 0.122. The Balaban J connectivity index is 0.00000153. The zero-order valence-electron chi connectivity index (χ0n) is 17.5. The molecule has 1 aliphatic heterocycles. The number of fused-ring (bicyclic) bond motifs is 1. The molecule has 1 aliphatic rings. The van der Waals surface area contributed by atoms with E-state index in [4.69, 9.17) is 9.72 Å². The van der Waals surface area contributed by atoms with Crippen molar-refractivity contribution in [2.75, 3.05) is 41.8 Å². The minimum Gasteiger partial charge on any atom is -0.378 e. The molecule has 0 aliphatic carbocycles. The first-order valence-electron chi connectivity index (χ1n) is 10.3. The van der Waals surface area contributed by atoms with Crippen LogP contribution in [0.1, 0.15) is 14.1 Å². The Morgan fingerprint density at radius 3 is 2.65 bits per heavy atom. The van der Waals surface area contributed by atoms with E-state index in [-0.39, 0.29) is 2.85 Å². The molecule has 1 fully saturated rings. The predicted octanol–water partition coefficient (Wildman–Crippen LogP) is 3.95. The third kappa shape index (κ3) is 4.26. The van der Waals surface area contributed by atoms with Crippen molar-refractivity contribution >= 4 is 34.7 Å². The average Bonchev–Trinajstić information content (AvgIpc) is 3.25. The Hall–Kier alpha value is -3.72. The van der Waals surface area contributed by atoms with Gasteiger partial charge in [0.15, 0.2) is 0 Å². The molecule has 31 heavy (non-hydrogen) atoms. The van der Waals surface area contributed by atoms with Crippen LogP contribution in [0.15, 0.2) is 48.9 Å². The molecule has 4 aromatic heterocycles. The highest BCUT2D eigenvalue weighted by Crippen LogP contribution is 2.24. The van der Waals surface area contributed by atoms with Crippen LogP contribution >= 0.6 is 0 Å². The molecular formula is C22H28N8O. The van der Waals surface area contributed by atoms with Crippen molar-refractivity contribution in [3.05, 3.63) is 60.2 Å². The third-order valence-corrected chi connectivity index (χ3v) is 5.31. The van der Waals surface area contributed by atoms with E-state index in [9.17, 15) is 0 Å². The van der Waals surface area contributed by atoms with Crippen LogP contribution < -0.4 is 15.5 Å². The largest absolute Gasteiger partial charge is 0.378 e. The summed E-state index contributed by atoms with van der Waals surface area (Å²) in [6.07, 6.45) is 5.66. The normalized spacial score (nSPS) is 14.1. The van der Waals surface area contributed by atoms with Gasteiger partial charge in [0, 0.05) is 58.0 Å². The molecule has 162 valence electrons. The van der Waals surface area contributed by atoms with Crippen LogP contribution in [0.2, 0.25) is 0 Å². The number of aryl methyl sites for hydroxylation is 2. The van der Waals surface area contributed by atoms with Gasteiger partial charge in [-0.3, -0.25) is 0 Å². The number of hydrogen-bond acceptors (Lipinski definition) is 8. The highest BCUT2D eigenvalue weighted by atomic mass is 16.5. The number of imidazole rings is 1. The Morgan fingerprint density at radius 1 is 0.935 bits per heavy atom. The molecule has 0 atom stereocenters. The molecule has 0 amide bonds. The van der Waals surface area contributed by atoms with Gasteiger partial charge in [0.05, 0.1) is 13.2 Å². The van der Waals surface area contributed by atoms with Gasteiger partial charge in [-0.15, -0.1) is 0 Å². The fraction of sp³-hybridized carbons (Fsp3) is 0.273. The van der Waals surface area contributed by atoms with Gasteiger partial charge in [0.25, 0.3) is 0 Å². The molecule has 0 spiro atoms. The minimum absolute atomic E-state index is 0. The smallest absolute Gasteiger partial charge is 0.232 e. The van der Waals surface area contributed by atoms with Gasteiger partial charge < -0.3 is 24.7 Å².